The first-order valence-electron chi connectivity index (χ1n) is 3.97. The molecule has 78 valence electrons. The Morgan fingerprint density at radius 2 is 2.14 bits per heavy atom. The molecule has 1 unspecified atom stereocenters. The normalized spacial score (nSPS) is 12.9. The zero-order valence-corrected chi connectivity index (χ0v) is 8.22. The van der Waals surface area contributed by atoms with Crippen LogP contribution in [0.3, 0.4) is 0 Å². The van der Waals surface area contributed by atoms with Gasteiger partial charge >= 0.3 is 0 Å². The molecule has 0 bridgehead atoms. The molecule has 0 aliphatic carbocycles. The van der Waals surface area contributed by atoms with Crippen LogP contribution in [-0.2, 0) is 0 Å². The Bertz CT molecular complexity index is 299. The fourth-order valence-corrected chi connectivity index (χ4v) is 1.10. The number of nitrogens with two attached hydrogens (primary N) is 1. The van der Waals surface area contributed by atoms with Crippen LogP contribution >= 0.6 is 11.6 Å². The van der Waals surface area contributed by atoms with E-state index in [2.05, 4.69) is 10.3 Å². The Labute approximate surface area is 85.3 Å². The van der Waals surface area contributed by atoms with Crippen LogP contribution in [0.2, 0.25) is 5.15 Å². The highest BCUT2D eigenvalue weighted by molar-refractivity contribution is 6.29. The van der Waals surface area contributed by atoms with Gasteiger partial charge < -0.3 is 11.1 Å². The molecule has 1 aromatic rings. The number of anilines is 2. The van der Waals surface area contributed by atoms with Crippen LogP contribution in [0.5, 0.6) is 0 Å². The van der Waals surface area contributed by atoms with Gasteiger partial charge in [0, 0.05) is 11.8 Å². The first-order valence-corrected chi connectivity index (χ1v) is 4.34. The zero-order chi connectivity index (χ0) is 10.7. The minimum Gasteiger partial charge on any atom is -0.399 e. The van der Waals surface area contributed by atoms with Gasteiger partial charge in [-0.3, -0.25) is 0 Å². The number of hydrogen-bond donors (Lipinski definition) is 2. The highest BCUT2D eigenvalue weighted by Crippen LogP contribution is 2.17. The molecule has 0 aromatic carbocycles. The Balaban J connectivity index is 2.76. The summed E-state index contributed by atoms with van der Waals surface area (Å²) in [7, 11) is 0. The molecule has 3 nitrogen and oxygen atoms in total. The predicted octanol–water partition coefficient (Wildman–Crippen LogP) is 2.38. The molecule has 0 aliphatic heterocycles. The molecule has 1 aromatic heterocycles. The lowest BCUT2D eigenvalue weighted by Gasteiger charge is -2.13. The second-order valence-corrected chi connectivity index (χ2v) is 3.26. The maximum absolute atomic E-state index is 12.2. The van der Waals surface area contributed by atoms with Crippen LogP contribution < -0.4 is 11.1 Å². The average molecular weight is 222 g/mol. The van der Waals surface area contributed by atoms with Crippen molar-refractivity contribution in [3.63, 3.8) is 0 Å². The van der Waals surface area contributed by atoms with Crippen LogP contribution in [0.4, 0.5) is 20.3 Å². The second kappa shape index (κ2) is 4.41. The summed E-state index contributed by atoms with van der Waals surface area (Å²) in [6, 6.07) is 1.91. The van der Waals surface area contributed by atoms with Crippen molar-refractivity contribution in [3.05, 3.63) is 17.3 Å². The van der Waals surface area contributed by atoms with Crippen molar-refractivity contribution in [3.8, 4) is 0 Å². The number of hydrogen-bond acceptors (Lipinski definition) is 3. The van der Waals surface area contributed by atoms with Crippen molar-refractivity contribution < 1.29 is 8.78 Å². The SMILES string of the molecule is CC(Nc1cc(N)cc(Cl)n1)C(F)F. The Morgan fingerprint density at radius 1 is 1.50 bits per heavy atom. The monoisotopic (exact) mass is 221 g/mol. The first kappa shape index (κ1) is 11.0. The molecule has 1 atom stereocenters. The van der Waals surface area contributed by atoms with E-state index >= 15 is 0 Å². The number of nitrogens with one attached hydrogen (secondary N) is 1. The Morgan fingerprint density at radius 3 is 2.64 bits per heavy atom. The molecule has 6 heteroatoms. The maximum atomic E-state index is 12.2. The molecular formula is C8H10ClF2N3. The third kappa shape index (κ3) is 2.99. The number of aromatic nitrogens is 1. The fraction of sp³-hybridized carbons (Fsp3) is 0.375. The molecule has 0 radical (unpaired) electrons. The molecule has 3 N–H and O–H groups in total. The van der Waals surface area contributed by atoms with Gasteiger partial charge in [0.05, 0.1) is 6.04 Å². The van der Waals surface area contributed by atoms with E-state index in [1.54, 1.807) is 0 Å². The van der Waals surface area contributed by atoms with Crippen molar-refractivity contribution in [2.45, 2.75) is 19.4 Å². The van der Waals surface area contributed by atoms with Crippen LogP contribution in [0.1, 0.15) is 6.92 Å². The number of nitrogen functional groups attached to an aromatic ring is 1. The van der Waals surface area contributed by atoms with Gasteiger partial charge in [-0.15, -0.1) is 0 Å². The molecule has 0 aliphatic rings. The van der Waals surface area contributed by atoms with E-state index in [9.17, 15) is 8.78 Å². The topological polar surface area (TPSA) is 50.9 Å². The number of halogens is 3. The lowest BCUT2D eigenvalue weighted by Crippen LogP contribution is -2.24. The minimum atomic E-state index is -2.46. The standard InChI is InChI=1S/C8H10ClF2N3/c1-4(8(10)11)13-7-3-5(12)2-6(9)14-7/h2-4,8H,1H3,(H3,12,13,14). The third-order valence-electron chi connectivity index (χ3n) is 1.57. The predicted molar refractivity (Wildman–Crippen MR) is 52.7 cm³/mol. The van der Waals surface area contributed by atoms with E-state index in [-0.39, 0.29) is 11.0 Å². The van der Waals surface area contributed by atoms with Gasteiger partial charge in [0.1, 0.15) is 11.0 Å². The molecule has 1 rings (SSSR count). The number of rotatable bonds is 3. The fourth-order valence-electron chi connectivity index (χ4n) is 0.887. The number of alkyl halides is 2. The summed E-state index contributed by atoms with van der Waals surface area (Å²) in [4.78, 5) is 3.80. The van der Waals surface area contributed by atoms with Crippen molar-refractivity contribution in [2.24, 2.45) is 0 Å². The van der Waals surface area contributed by atoms with Gasteiger partial charge in [0.15, 0.2) is 0 Å². The van der Waals surface area contributed by atoms with Crippen molar-refractivity contribution in [1.82, 2.24) is 4.98 Å². The average Bonchev–Trinajstić information content (AvgIpc) is 2.01. The van der Waals surface area contributed by atoms with Crippen LogP contribution in [0.25, 0.3) is 0 Å². The molecule has 0 saturated carbocycles. The third-order valence-corrected chi connectivity index (χ3v) is 1.76. The minimum absolute atomic E-state index is 0.175. The molecule has 0 spiro atoms. The van der Waals surface area contributed by atoms with Crippen LogP contribution in [0, 0.1) is 0 Å². The lowest BCUT2D eigenvalue weighted by molar-refractivity contribution is 0.130. The zero-order valence-electron chi connectivity index (χ0n) is 7.47. The quantitative estimate of drug-likeness (QED) is 0.771. The molecule has 0 amide bonds. The van der Waals surface area contributed by atoms with Crippen molar-refractivity contribution in [2.75, 3.05) is 11.1 Å². The summed E-state index contributed by atoms with van der Waals surface area (Å²) in [6.45, 7) is 1.35. The Kier molecular flexibility index (Phi) is 3.46. The van der Waals surface area contributed by atoms with Gasteiger partial charge in [-0.25, -0.2) is 13.8 Å². The van der Waals surface area contributed by atoms with Crippen LogP contribution in [-0.4, -0.2) is 17.5 Å². The van der Waals surface area contributed by atoms with Crippen LogP contribution in [0.15, 0.2) is 12.1 Å². The van der Waals surface area contributed by atoms with Crippen molar-refractivity contribution in [1.29, 1.82) is 0 Å². The van der Waals surface area contributed by atoms with Gasteiger partial charge in [-0.1, -0.05) is 11.6 Å². The molecule has 14 heavy (non-hydrogen) atoms. The van der Waals surface area contributed by atoms with E-state index in [0.29, 0.717) is 5.69 Å². The smallest absolute Gasteiger partial charge is 0.258 e. The Hall–Kier alpha value is -1.10. The van der Waals surface area contributed by atoms with Crippen molar-refractivity contribution >= 4 is 23.1 Å². The number of pyridine rings is 1. The largest absolute Gasteiger partial charge is 0.399 e. The molecular weight excluding hydrogens is 212 g/mol. The maximum Gasteiger partial charge on any atom is 0.258 e. The summed E-state index contributed by atoms with van der Waals surface area (Å²) in [5.41, 5.74) is 5.84. The summed E-state index contributed by atoms with van der Waals surface area (Å²) in [5.74, 6) is 0.253. The second-order valence-electron chi connectivity index (χ2n) is 2.88. The van der Waals surface area contributed by atoms with E-state index in [1.165, 1.54) is 19.1 Å². The van der Waals surface area contributed by atoms with E-state index in [0.717, 1.165) is 0 Å². The number of nitrogens with zero attached hydrogens (tertiary/aromatic N) is 1. The summed E-state index contributed by atoms with van der Waals surface area (Å²) >= 11 is 5.59. The molecule has 0 fully saturated rings. The van der Waals surface area contributed by atoms with Gasteiger partial charge in [0.25, 0.3) is 6.43 Å². The van der Waals surface area contributed by atoms with E-state index in [1.807, 2.05) is 0 Å². The summed E-state index contributed by atoms with van der Waals surface area (Å²) < 4.78 is 24.3. The lowest BCUT2D eigenvalue weighted by atomic mass is 10.3. The first-order chi connectivity index (χ1) is 6.49. The van der Waals surface area contributed by atoms with E-state index in [4.69, 9.17) is 17.3 Å². The molecule has 0 saturated heterocycles. The van der Waals surface area contributed by atoms with E-state index < -0.39 is 12.5 Å². The summed E-state index contributed by atoms with van der Waals surface area (Å²) in [5, 5.41) is 2.67. The van der Waals surface area contributed by atoms with Gasteiger partial charge in [-0.2, -0.15) is 0 Å². The summed E-state index contributed by atoms with van der Waals surface area (Å²) in [6.07, 6.45) is -2.46. The highest BCUT2D eigenvalue weighted by atomic mass is 35.5. The van der Waals surface area contributed by atoms with Gasteiger partial charge in [0.2, 0.25) is 0 Å². The van der Waals surface area contributed by atoms with Gasteiger partial charge in [-0.05, 0) is 13.0 Å². The molecule has 1 heterocycles. The highest BCUT2D eigenvalue weighted by Gasteiger charge is 2.14.